The molecular weight excluding hydrogens is 552 g/mol. The molecule has 3 aromatic carbocycles. The zero-order valence-electron chi connectivity index (χ0n) is 28.1. The van der Waals surface area contributed by atoms with Crippen molar-refractivity contribution in [1.29, 1.82) is 0 Å². The van der Waals surface area contributed by atoms with Crippen LogP contribution >= 0.6 is 0 Å². The van der Waals surface area contributed by atoms with Gasteiger partial charge in [-0.15, -0.1) is 0 Å². The molecule has 0 N–H and O–H groups in total. The fourth-order valence-corrected chi connectivity index (χ4v) is 6.52. The smallest absolute Gasteiger partial charge is 0.197 e. The topological polar surface area (TPSA) is 42.3 Å². The second kappa shape index (κ2) is 13.4. The van der Waals surface area contributed by atoms with Crippen molar-refractivity contribution >= 4 is 40.6 Å². The summed E-state index contributed by atoms with van der Waals surface area (Å²) in [5.41, 5.74) is 13.9. The maximum Gasteiger partial charge on any atom is 0.197 e. The zero-order chi connectivity index (χ0) is 33.2. The predicted molar refractivity (Wildman–Crippen MR) is 194 cm³/mol. The van der Waals surface area contributed by atoms with E-state index in [0.29, 0.717) is 10.6 Å². The van der Waals surface area contributed by atoms with Gasteiger partial charge in [0.2, 0.25) is 0 Å². The zero-order valence-corrected chi connectivity index (χ0v) is 28.1. The number of aryl methyl sites for hydroxylation is 4. The van der Waals surface area contributed by atoms with Gasteiger partial charge < -0.3 is 14.3 Å². The summed E-state index contributed by atoms with van der Waals surface area (Å²) in [6, 6.07) is 16.8. The van der Waals surface area contributed by atoms with Crippen LogP contribution in [0, 0.1) is 20.8 Å². The number of nitrogens with zero attached hydrogens (tertiary/aromatic N) is 2. The molecule has 2 aliphatic rings. The molecule has 45 heavy (non-hydrogen) atoms. The number of rotatable bonds is 1. The molecule has 2 aliphatic heterocycles. The first-order valence-electron chi connectivity index (χ1n) is 15.5. The number of anilines is 1. The maximum absolute atomic E-state index is 14.3. The number of allylic oxidation sites excluding steroid dienone is 5. The number of benzene rings is 3. The molecule has 0 saturated carbocycles. The number of pyridine rings is 1. The van der Waals surface area contributed by atoms with Crippen LogP contribution in [0.1, 0.15) is 62.4 Å². The molecule has 0 aliphatic carbocycles. The summed E-state index contributed by atoms with van der Waals surface area (Å²) in [5, 5.41) is 2.21. The van der Waals surface area contributed by atoms with E-state index in [2.05, 4.69) is 119 Å². The molecule has 0 radical (unpaired) electrons. The number of hydrogen-bond donors (Lipinski definition) is 0. The van der Waals surface area contributed by atoms with Gasteiger partial charge in [-0.05, 0) is 93.2 Å². The highest BCUT2D eigenvalue weighted by molar-refractivity contribution is 5.97. The van der Waals surface area contributed by atoms with Crippen molar-refractivity contribution in [2.24, 2.45) is 7.05 Å². The van der Waals surface area contributed by atoms with Crippen LogP contribution < -0.4 is 20.9 Å². The van der Waals surface area contributed by atoms with Gasteiger partial charge in [-0.25, -0.2) is 0 Å². The molecule has 0 spiro atoms. The Hall–Kier alpha value is -4.96. The Labute approximate surface area is 267 Å². The van der Waals surface area contributed by atoms with Crippen LogP contribution in [-0.2, 0) is 11.8 Å². The lowest BCUT2D eigenvalue weighted by Crippen LogP contribution is -2.46. The Bertz CT molecular complexity index is 2100. The van der Waals surface area contributed by atoms with Gasteiger partial charge in [0, 0.05) is 46.2 Å². The number of carbonyl (C=O) groups excluding carboxylic acids is 1. The quantitative estimate of drug-likeness (QED) is 0.208. The van der Waals surface area contributed by atoms with Crippen molar-refractivity contribution < 1.29 is 4.79 Å². The number of carbonyl (C=O) groups is 1. The van der Waals surface area contributed by atoms with Crippen LogP contribution in [0.15, 0.2) is 95.6 Å². The van der Waals surface area contributed by atoms with Crippen LogP contribution in [0.2, 0.25) is 0 Å². The first-order chi connectivity index (χ1) is 21.5. The van der Waals surface area contributed by atoms with Crippen LogP contribution in [0.4, 0.5) is 5.69 Å². The summed E-state index contributed by atoms with van der Waals surface area (Å²) in [5.74, 6) is 0. The lowest BCUT2D eigenvalue weighted by Gasteiger charge is -2.30. The summed E-state index contributed by atoms with van der Waals surface area (Å²) in [6.07, 6.45) is 9.08. The molecule has 4 nitrogen and oxygen atoms in total. The molecule has 4 heteroatoms. The van der Waals surface area contributed by atoms with Crippen molar-refractivity contribution in [1.82, 2.24) is 4.57 Å². The van der Waals surface area contributed by atoms with Gasteiger partial charge in [0.1, 0.15) is 6.29 Å². The average Bonchev–Trinajstić information content (AvgIpc) is 2.99. The third kappa shape index (κ3) is 5.93. The summed E-state index contributed by atoms with van der Waals surface area (Å²) in [6.45, 7) is 24.9. The first kappa shape index (κ1) is 32.9. The molecule has 1 aromatic heterocycles. The molecule has 0 amide bonds. The van der Waals surface area contributed by atoms with Gasteiger partial charge >= 0.3 is 0 Å². The lowest BCUT2D eigenvalue weighted by atomic mass is 9.91. The van der Waals surface area contributed by atoms with Crippen LogP contribution in [0.5, 0.6) is 0 Å². The van der Waals surface area contributed by atoms with E-state index in [-0.39, 0.29) is 5.43 Å². The number of hydrogen-bond acceptors (Lipinski definition) is 3. The fourth-order valence-electron chi connectivity index (χ4n) is 6.52. The molecule has 0 fully saturated rings. The summed E-state index contributed by atoms with van der Waals surface area (Å²) in [4.78, 5) is 25.2. The second-order valence-electron chi connectivity index (χ2n) is 11.5. The highest BCUT2D eigenvalue weighted by atomic mass is 16.1. The molecule has 0 unspecified atom stereocenters. The Balaban J connectivity index is 0.000000871. The Morgan fingerprint density at radius 3 is 2.07 bits per heavy atom. The van der Waals surface area contributed by atoms with Crippen molar-refractivity contribution in [2.45, 2.75) is 55.4 Å². The van der Waals surface area contributed by atoms with E-state index in [1.165, 1.54) is 29.2 Å². The normalized spacial score (nSPS) is 17.2. The maximum atomic E-state index is 14.3. The van der Waals surface area contributed by atoms with Gasteiger partial charge in [-0.3, -0.25) is 4.79 Å². The van der Waals surface area contributed by atoms with Gasteiger partial charge in [0.15, 0.2) is 5.43 Å². The number of fused-ring (bicyclic) bond motifs is 2. The van der Waals surface area contributed by atoms with E-state index in [1.807, 2.05) is 32.1 Å². The largest absolute Gasteiger partial charge is 0.343 e. The van der Waals surface area contributed by atoms with E-state index >= 15 is 0 Å². The number of aromatic nitrogens is 1. The van der Waals surface area contributed by atoms with Crippen LogP contribution in [0.3, 0.4) is 0 Å². The first-order valence-corrected chi connectivity index (χ1v) is 15.5. The predicted octanol–water partition coefficient (Wildman–Crippen LogP) is 8.18. The minimum atomic E-state index is 0.0114. The standard InChI is InChI=1S/C37H34N2O.C2H4O.C2H6/c1-21-15-24(4)34(25(5)16-21)30-13-10-14-31-36(30)38(8)33-19-28-11-9-12-29-27(7)23(3)17-22(2)20-39(35(28)29)26(6)18-32(33)37(31)40;1-2-3;1-2/h9-20H,6-7H2,1-5,8H3;2H,1H3;1-2H3/b22-20-,23-17-,32-18+,33-19+;;. The highest BCUT2D eigenvalue weighted by Crippen LogP contribution is 2.39. The summed E-state index contributed by atoms with van der Waals surface area (Å²) >= 11 is 0. The molecule has 230 valence electrons. The molecule has 4 aromatic rings. The Morgan fingerprint density at radius 2 is 1.42 bits per heavy atom. The molecule has 0 saturated heterocycles. The van der Waals surface area contributed by atoms with Gasteiger partial charge in [-0.2, -0.15) is 0 Å². The Kier molecular flexibility index (Phi) is 9.78. The van der Waals surface area contributed by atoms with E-state index in [0.717, 1.165) is 61.9 Å². The van der Waals surface area contributed by atoms with Gasteiger partial charge in [0.25, 0.3) is 0 Å². The van der Waals surface area contributed by atoms with Gasteiger partial charge in [0.05, 0.1) is 16.6 Å². The summed E-state index contributed by atoms with van der Waals surface area (Å²) in [7, 11) is 2.07. The molecular formula is C41H44N2O2. The molecule has 0 bridgehead atoms. The van der Waals surface area contributed by atoms with E-state index in [4.69, 9.17) is 4.79 Å². The number of para-hydroxylation sites is 2. The van der Waals surface area contributed by atoms with E-state index in [9.17, 15) is 4.79 Å². The molecule has 3 heterocycles. The van der Waals surface area contributed by atoms with Crippen LogP contribution in [-0.4, -0.2) is 10.9 Å². The van der Waals surface area contributed by atoms with Gasteiger partial charge in [-0.1, -0.05) is 81.1 Å². The van der Waals surface area contributed by atoms with Crippen molar-refractivity contribution in [3.8, 4) is 11.1 Å². The lowest BCUT2D eigenvalue weighted by molar-refractivity contribution is -0.106. The van der Waals surface area contributed by atoms with Crippen molar-refractivity contribution in [3.63, 3.8) is 0 Å². The Morgan fingerprint density at radius 1 is 0.822 bits per heavy atom. The SMILES string of the molecule is C=C1/C(C)=C\C(C)=C/N2C(=C)/C=c3/c(=O)c4cccc(-c5c(C)cc(C)cc5C)c4n(C)/c3=C/c3cccc1c32.CC.CC=O. The van der Waals surface area contributed by atoms with Crippen molar-refractivity contribution in [3.05, 3.63) is 139 Å². The number of aldehydes is 1. The summed E-state index contributed by atoms with van der Waals surface area (Å²) < 4.78 is 2.18. The average molecular weight is 597 g/mol. The van der Waals surface area contributed by atoms with Crippen molar-refractivity contribution in [2.75, 3.05) is 4.90 Å². The van der Waals surface area contributed by atoms with E-state index < -0.39 is 0 Å². The minimum absolute atomic E-state index is 0.0114. The monoisotopic (exact) mass is 596 g/mol. The molecule has 6 rings (SSSR count). The molecule has 0 atom stereocenters. The fraction of sp³-hybridized carbons (Fsp3) is 0.220. The second-order valence-corrected chi connectivity index (χ2v) is 11.5. The minimum Gasteiger partial charge on any atom is -0.343 e. The van der Waals surface area contributed by atoms with Crippen LogP contribution in [0.25, 0.3) is 39.8 Å². The highest BCUT2D eigenvalue weighted by Gasteiger charge is 2.22. The van der Waals surface area contributed by atoms with E-state index in [1.54, 1.807) is 0 Å². The third-order valence-corrected chi connectivity index (χ3v) is 8.24. The third-order valence-electron chi connectivity index (χ3n) is 8.24.